The van der Waals surface area contributed by atoms with Crippen molar-refractivity contribution in [3.05, 3.63) is 0 Å². The first-order valence-corrected chi connectivity index (χ1v) is 6.33. The van der Waals surface area contributed by atoms with Crippen LogP contribution in [0.5, 0.6) is 0 Å². The molecule has 0 aromatic heterocycles. The largest absolute Gasteiger partial charge is 0.390 e. The van der Waals surface area contributed by atoms with E-state index in [-0.39, 0.29) is 17.6 Å². The molecule has 5 atom stereocenters. The molecule has 5 nitrogen and oxygen atoms in total. The molecule has 0 aliphatic carbocycles. The number of hydrogen-bond donors (Lipinski definition) is 1. The predicted molar refractivity (Wildman–Crippen MR) is 67.3 cm³/mol. The van der Waals surface area contributed by atoms with Crippen molar-refractivity contribution < 1.29 is 24.1 Å². The normalized spacial score (nSPS) is 37.8. The van der Waals surface area contributed by atoms with E-state index in [0.717, 1.165) is 0 Å². The zero-order chi connectivity index (χ0) is 13.9. The van der Waals surface area contributed by atoms with Crippen LogP contribution >= 0.6 is 0 Å². The highest BCUT2D eigenvalue weighted by atomic mass is 16.7. The van der Waals surface area contributed by atoms with Crippen LogP contribution in [-0.4, -0.2) is 56.1 Å². The van der Waals surface area contributed by atoms with E-state index < -0.39 is 18.5 Å². The molecule has 1 heterocycles. The van der Waals surface area contributed by atoms with E-state index in [1.807, 2.05) is 27.7 Å². The van der Waals surface area contributed by atoms with Gasteiger partial charge in [-0.15, -0.1) is 0 Å². The Labute approximate surface area is 109 Å². The molecule has 0 radical (unpaired) electrons. The van der Waals surface area contributed by atoms with Crippen molar-refractivity contribution in [2.45, 2.75) is 57.9 Å². The van der Waals surface area contributed by atoms with Crippen molar-refractivity contribution in [2.24, 2.45) is 5.92 Å². The first-order valence-electron chi connectivity index (χ1n) is 6.33. The molecule has 0 aromatic rings. The lowest BCUT2D eigenvalue weighted by molar-refractivity contribution is -0.290. The summed E-state index contributed by atoms with van der Waals surface area (Å²) in [5.41, 5.74) is -0.227. The van der Waals surface area contributed by atoms with Gasteiger partial charge in [0.2, 0.25) is 0 Å². The van der Waals surface area contributed by atoms with Gasteiger partial charge in [-0.1, -0.05) is 6.92 Å². The fraction of sp³-hybridized carbons (Fsp3) is 1.00. The van der Waals surface area contributed by atoms with Gasteiger partial charge in [0, 0.05) is 20.1 Å². The lowest BCUT2D eigenvalue weighted by Gasteiger charge is -2.42. The molecule has 1 rings (SSSR count). The number of ether oxygens (including phenoxy) is 4. The molecule has 1 aliphatic heterocycles. The molecule has 5 heteroatoms. The summed E-state index contributed by atoms with van der Waals surface area (Å²) in [5.74, 6) is -0.0660. The second kappa shape index (κ2) is 6.30. The van der Waals surface area contributed by atoms with Crippen molar-refractivity contribution in [1.29, 1.82) is 0 Å². The summed E-state index contributed by atoms with van der Waals surface area (Å²) < 4.78 is 21.9. The molecule has 0 amide bonds. The molecule has 0 saturated carbocycles. The Morgan fingerprint density at radius 1 is 1.17 bits per heavy atom. The number of methoxy groups -OCH3 is 2. The van der Waals surface area contributed by atoms with Crippen molar-refractivity contribution in [1.82, 2.24) is 0 Å². The molecule has 1 aliphatic rings. The second-order valence-electron chi connectivity index (χ2n) is 5.75. The Kier molecular flexibility index (Phi) is 5.55. The lowest BCUT2D eigenvalue weighted by atomic mass is 9.91. The average Bonchev–Trinajstić information content (AvgIpc) is 2.29. The molecule has 108 valence electrons. The van der Waals surface area contributed by atoms with Gasteiger partial charge in [-0.3, -0.25) is 0 Å². The van der Waals surface area contributed by atoms with Crippen LogP contribution < -0.4 is 0 Å². The van der Waals surface area contributed by atoms with Gasteiger partial charge in [0.1, 0.15) is 6.10 Å². The minimum atomic E-state index is -0.623. The number of aliphatic hydroxyl groups is 1. The third-order valence-electron chi connectivity index (χ3n) is 3.22. The van der Waals surface area contributed by atoms with Crippen LogP contribution in [0.15, 0.2) is 0 Å². The van der Waals surface area contributed by atoms with Gasteiger partial charge in [0.05, 0.1) is 24.4 Å². The maximum atomic E-state index is 10.2. The molecular weight excluding hydrogens is 236 g/mol. The molecule has 0 aromatic carbocycles. The third kappa shape index (κ3) is 3.90. The molecule has 1 fully saturated rings. The smallest absolute Gasteiger partial charge is 0.186 e. The fourth-order valence-electron chi connectivity index (χ4n) is 2.02. The van der Waals surface area contributed by atoms with Gasteiger partial charge in [-0.2, -0.15) is 0 Å². The van der Waals surface area contributed by atoms with E-state index >= 15 is 0 Å². The van der Waals surface area contributed by atoms with Crippen LogP contribution in [0.3, 0.4) is 0 Å². The van der Waals surface area contributed by atoms with E-state index in [4.69, 9.17) is 18.9 Å². The minimum absolute atomic E-state index is 0.0660. The highest BCUT2D eigenvalue weighted by molar-refractivity contribution is 4.88. The summed E-state index contributed by atoms with van der Waals surface area (Å²) in [6.07, 6.45) is -1.84. The van der Waals surface area contributed by atoms with Crippen LogP contribution in [0.4, 0.5) is 0 Å². The van der Waals surface area contributed by atoms with Crippen LogP contribution in [0.1, 0.15) is 27.7 Å². The summed E-state index contributed by atoms with van der Waals surface area (Å²) in [6, 6.07) is 0. The van der Waals surface area contributed by atoms with E-state index in [2.05, 4.69) is 0 Å². The molecular formula is C13H26O5. The Balaban J connectivity index is 2.65. The topological polar surface area (TPSA) is 57.2 Å². The van der Waals surface area contributed by atoms with E-state index in [1.165, 1.54) is 0 Å². The van der Waals surface area contributed by atoms with Crippen molar-refractivity contribution in [3.8, 4) is 0 Å². The first-order chi connectivity index (χ1) is 8.30. The highest BCUT2D eigenvalue weighted by Gasteiger charge is 2.43. The van der Waals surface area contributed by atoms with E-state index in [0.29, 0.717) is 6.61 Å². The van der Waals surface area contributed by atoms with Crippen LogP contribution in [0, 0.1) is 5.92 Å². The Bertz CT molecular complexity index is 248. The molecule has 0 bridgehead atoms. The quantitative estimate of drug-likeness (QED) is 0.824. The first kappa shape index (κ1) is 15.9. The van der Waals surface area contributed by atoms with Gasteiger partial charge in [0.15, 0.2) is 6.29 Å². The summed E-state index contributed by atoms with van der Waals surface area (Å²) in [6.45, 7) is 8.32. The maximum Gasteiger partial charge on any atom is 0.186 e. The number of aliphatic hydroxyl groups excluding tert-OH is 1. The third-order valence-corrected chi connectivity index (χ3v) is 3.22. The van der Waals surface area contributed by atoms with Gasteiger partial charge < -0.3 is 24.1 Å². The summed E-state index contributed by atoms with van der Waals surface area (Å²) >= 11 is 0. The predicted octanol–water partition coefficient (Wildman–Crippen LogP) is 1.18. The summed E-state index contributed by atoms with van der Waals surface area (Å²) in [5, 5.41) is 10.2. The Hall–Kier alpha value is -0.200. The molecule has 5 unspecified atom stereocenters. The van der Waals surface area contributed by atoms with Crippen molar-refractivity contribution >= 4 is 0 Å². The van der Waals surface area contributed by atoms with Gasteiger partial charge >= 0.3 is 0 Å². The zero-order valence-corrected chi connectivity index (χ0v) is 12.2. The SMILES string of the molecule is COC1OC(COC(C)(C)C)C(C)C(O)C1OC. The molecule has 0 spiro atoms. The molecule has 1 N–H and O–H groups in total. The standard InChI is InChI=1S/C13H26O5/c1-8-9(7-17-13(2,3)4)18-12(16-6)11(15-5)10(8)14/h8-12,14H,7H2,1-6H3. The maximum absolute atomic E-state index is 10.2. The minimum Gasteiger partial charge on any atom is -0.390 e. The van der Waals surface area contributed by atoms with Crippen molar-refractivity contribution in [2.75, 3.05) is 20.8 Å². The van der Waals surface area contributed by atoms with E-state index in [9.17, 15) is 5.11 Å². The fourth-order valence-corrected chi connectivity index (χ4v) is 2.02. The molecule has 1 saturated heterocycles. The van der Waals surface area contributed by atoms with E-state index in [1.54, 1.807) is 14.2 Å². The summed E-state index contributed by atoms with van der Waals surface area (Å²) in [4.78, 5) is 0. The highest BCUT2D eigenvalue weighted by Crippen LogP contribution is 2.28. The molecule has 18 heavy (non-hydrogen) atoms. The Morgan fingerprint density at radius 2 is 1.78 bits per heavy atom. The van der Waals surface area contributed by atoms with Gasteiger partial charge in [-0.05, 0) is 20.8 Å². The zero-order valence-electron chi connectivity index (χ0n) is 12.2. The number of rotatable bonds is 4. The summed E-state index contributed by atoms with van der Waals surface area (Å²) in [7, 11) is 3.09. The average molecular weight is 262 g/mol. The second-order valence-corrected chi connectivity index (χ2v) is 5.75. The van der Waals surface area contributed by atoms with Crippen LogP contribution in [0.2, 0.25) is 0 Å². The van der Waals surface area contributed by atoms with Crippen molar-refractivity contribution in [3.63, 3.8) is 0 Å². The van der Waals surface area contributed by atoms with Crippen LogP contribution in [0.25, 0.3) is 0 Å². The lowest BCUT2D eigenvalue weighted by Crippen LogP contribution is -2.56. The van der Waals surface area contributed by atoms with Crippen LogP contribution in [-0.2, 0) is 18.9 Å². The monoisotopic (exact) mass is 262 g/mol. The van der Waals surface area contributed by atoms with Gasteiger partial charge in [0.25, 0.3) is 0 Å². The van der Waals surface area contributed by atoms with Gasteiger partial charge in [-0.25, -0.2) is 0 Å². The Morgan fingerprint density at radius 3 is 2.22 bits per heavy atom. The number of hydrogen-bond acceptors (Lipinski definition) is 5.